The lowest BCUT2D eigenvalue weighted by Gasteiger charge is -2.18. The van der Waals surface area contributed by atoms with Crippen molar-refractivity contribution in [2.75, 3.05) is 7.11 Å². The first kappa shape index (κ1) is 19.0. The molecule has 162 valence electrons. The van der Waals surface area contributed by atoms with E-state index in [4.69, 9.17) is 9.15 Å². The van der Waals surface area contributed by atoms with Gasteiger partial charge in [-0.15, -0.1) is 0 Å². The zero-order chi connectivity index (χ0) is 22.2. The van der Waals surface area contributed by atoms with Gasteiger partial charge in [0.15, 0.2) is 0 Å². The van der Waals surface area contributed by atoms with Crippen molar-refractivity contribution in [1.82, 2.24) is 5.01 Å². The molecule has 0 N–H and O–H groups in total. The second-order valence-corrected chi connectivity index (χ2v) is 8.80. The summed E-state index contributed by atoms with van der Waals surface area (Å²) in [5.41, 5.74) is 0.598. The van der Waals surface area contributed by atoms with Crippen molar-refractivity contribution in [3.63, 3.8) is 0 Å². The number of hydrazone groups is 1. The number of non-ortho nitro benzene ring substituents is 1. The Morgan fingerprint density at radius 3 is 2.44 bits per heavy atom. The number of benzene rings is 1. The Bertz CT molecular complexity index is 1210. The van der Waals surface area contributed by atoms with Crippen molar-refractivity contribution in [1.29, 1.82) is 0 Å². The van der Waals surface area contributed by atoms with Crippen LogP contribution in [0.5, 0.6) is 5.75 Å². The Morgan fingerprint density at radius 2 is 1.84 bits per heavy atom. The SMILES string of the molecule is COc1cc([N+](=O)[O-])ccc1-c1ccc(/C=N\N2C(=O)[C@@H]3[C@H](C2=O)[C@H]2C=C[C@@H]3C23CC3)o1. The summed E-state index contributed by atoms with van der Waals surface area (Å²) in [6.45, 7) is 0. The van der Waals surface area contributed by atoms with Crippen molar-refractivity contribution < 1.29 is 23.7 Å². The van der Waals surface area contributed by atoms with E-state index in [1.165, 1.54) is 25.5 Å². The summed E-state index contributed by atoms with van der Waals surface area (Å²) in [7, 11) is 1.42. The molecule has 2 bridgehead atoms. The van der Waals surface area contributed by atoms with E-state index in [1.807, 2.05) is 0 Å². The van der Waals surface area contributed by atoms with E-state index in [2.05, 4.69) is 17.3 Å². The number of allylic oxidation sites excluding steroid dienone is 2. The molecule has 32 heavy (non-hydrogen) atoms. The van der Waals surface area contributed by atoms with Crippen molar-refractivity contribution in [3.05, 3.63) is 58.4 Å². The van der Waals surface area contributed by atoms with E-state index < -0.39 is 4.92 Å². The van der Waals surface area contributed by atoms with Crippen molar-refractivity contribution in [2.45, 2.75) is 12.8 Å². The maximum Gasteiger partial charge on any atom is 0.273 e. The molecule has 4 aliphatic rings. The lowest BCUT2D eigenvalue weighted by molar-refractivity contribution is -0.384. The van der Waals surface area contributed by atoms with Crippen LogP contribution < -0.4 is 4.74 Å². The fourth-order valence-corrected chi connectivity index (χ4v) is 5.86. The van der Waals surface area contributed by atoms with Gasteiger partial charge in [0.2, 0.25) is 0 Å². The summed E-state index contributed by atoms with van der Waals surface area (Å²) in [5, 5.41) is 16.1. The van der Waals surface area contributed by atoms with Crippen LogP contribution in [0.25, 0.3) is 11.3 Å². The lowest BCUT2D eigenvalue weighted by atomic mass is 9.85. The molecule has 9 heteroatoms. The Morgan fingerprint density at radius 1 is 1.16 bits per heavy atom. The quantitative estimate of drug-likeness (QED) is 0.235. The average Bonchev–Trinajstić information content (AvgIpc) is 3.08. The zero-order valence-electron chi connectivity index (χ0n) is 17.1. The standard InChI is InChI=1S/C23H19N3O6/c1-31-18-10-12(26(29)30)2-4-14(18)17-7-3-13(32-17)11-24-25-21(27)19-15-5-6-16(20(19)22(25)28)23(15)8-9-23/h2-7,10-11,15-16,19-20H,8-9H2,1H3/b24-11-/t15-,16+,19-,20+. The molecule has 6 rings (SSSR count). The number of methoxy groups -OCH3 is 1. The van der Waals surface area contributed by atoms with Gasteiger partial charge < -0.3 is 9.15 Å². The minimum atomic E-state index is -0.501. The number of ether oxygens (including phenoxy) is 1. The van der Waals surface area contributed by atoms with Gasteiger partial charge in [0, 0.05) is 6.07 Å². The minimum absolute atomic E-state index is 0.0908. The Hall–Kier alpha value is -3.75. The number of furan rings is 1. The van der Waals surface area contributed by atoms with Crippen LogP contribution in [0.15, 0.2) is 52.0 Å². The fraction of sp³-hybridized carbons (Fsp3) is 0.348. The highest BCUT2D eigenvalue weighted by Gasteiger charge is 2.73. The van der Waals surface area contributed by atoms with Crippen LogP contribution in [0, 0.1) is 39.2 Å². The molecule has 0 unspecified atom stereocenters. The lowest BCUT2D eigenvalue weighted by Crippen LogP contribution is -2.30. The molecule has 9 nitrogen and oxygen atoms in total. The van der Waals surface area contributed by atoms with Crippen LogP contribution in [-0.4, -0.2) is 35.1 Å². The van der Waals surface area contributed by atoms with Gasteiger partial charge in [0.25, 0.3) is 17.5 Å². The maximum absolute atomic E-state index is 13.0. The molecule has 3 aliphatic carbocycles. The highest BCUT2D eigenvalue weighted by Crippen LogP contribution is 2.73. The van der Waals surface area contributed by atoms with Crippen molar-refractivity contribution >= 4 is 23.7 Å². The smallest absolute Gasteiger partial charge is 0.273 e. The van der Waals surface area contributed by atoms with Gasteiger partial charge in [0.05, 0.1) is 41.7 Å². The predicted molar refractivity (Wildman–Crippen MR) is 112 cm³/mol. The van der Waals surface area contributed by atoms with Crippen LogP contribution >= 0.6 is 0 Å². The second kappa shape index (κ2) is 6.38. The molecule has 2 saturated carbocycles. The Labute approximate surface area is 182 Å². The van der Waals surface area contributed by atoms with Gasteiger partial charge in [-0.1, -0.05) is 12.2 Å². The average molecular weight is 433 g/mol. The van der Waals surface area contributed by atoms with E-state index in [9.17, 15) is 19.7 Å². The topological polar surface area (TPSA) is 115 Å². The van der Waals surface area contributed by atoms with Crippen LogP contribution in [0.1, 0.15) is 18.6 Å². The number of amides is 2. The van der Waals surface area contributed by atoms with Crippen LogP contribution in [0.3, 0.4) is 0 Å². The largest absolute Gasteiger partial charge is 0.496 e. The van der Waals surface area contributed by atoms with Crippen LogP contribution in [0.4, 0.5) is 5.69 Å². The highest BCUT2D eigenvalue weighted by atomic mass is 16.6. The molecule has 0 radical (unpaired) electrons. The summed E-state index contributed by atoms with van der Waals surface area (Å²) >= 11 is 0. The summed E-state index contributed by atoms with van der Waals surface area (Å²) in [4.78, 5) is 36.4. The number of hydrogen-bond donors (Lipinski definition) is 0. The van der Waals surface area contributed by atoms with Crippen molar-refractivity contribution in [3.8, 4) is 17.1 Å². The molecule has 1 saturated heterocycles. The molecule has 4 atom stereocenters. The number of fused-ring (bicyclic) bond motifs is 3. The van der Waals surface area contributed by atoms with Gasteiger partial charge in [-0.05, 0) is 48.3 Å². The summed E-state index contributed by atoms with van der Waals surface area (Å²) in [6, 6.07) is 7.55. The van der Waals surface area contributed by atoms with Gasteiger partial charge in [-0.2, -0.15) is 10.1 Å². The summed E-state index contributed by atoms with van der Waals surface area (Å²) in [5.74, 6) is 0.309. The Balaban J connectivity index is 1.23. The Kier molecular flexibility index (Phi) is 3.78. The van der Waals surface area contributed by atoms with Crippen molar-refractivity contribution in [2.24, 2.45) is 34.2 Å². The third kappa shape index (κ3) is 2.41. The van der Waals surface area contributed by atoms with Crippen LogP contribution in [-0.2, 0) is 9.59 Å². The number of imide groups is 1. The third-order valence-corrected chi connectivity index (χ3v) is 7.42. The van der Waals surface area contributed by atoms with E-state index >= 15 is 0 Å². The number of nitro benzene ring substituents is 1. The number of nitrogens with zero attached hydrogens (tertiary/aromatic N) is 3. The second-order valence-electron chi connectivity index (χ2n) is 8.80. The molecule has 3 fully saturated rings. The monoisotopic (exact) mass is 433 g/mol. The molecule has 1 aliphatic heterocycles. The number of rotatable bonds is 5. The number of carbonyl (C=O) groups excluding carboxylic acids is 2. The molecule has 2 heterocycles. The fourth-order valence-electron chi connectivity index (χ4n) is 5.86. The molecular formula is C23H19N3O6. The number of nitro groups is 1. The third-order valence-electron chi connectivity index (χ3n) is 7.42. The number of hydrogen-bond acceptors (Lipinski definition) is 7. The normalized spacial score (nSPS) is 28.8. The first-order valence-corrected chi connectivity index (χ1v) is 10.5. The first-order valence-electron chi connectivity index (χ1n) is 10.5. The molecule has 2 amide bonds. The predicted octanol–water partition coefficient (Wildman–Crippen LogP) is 3.39. The number of carbonyl (C=O) groups is 2. The first-order chi connectivity index (χ1) is 15.4. The molecular weight excluding hydrogens is 414 g/mol. The molecule has 1 aromatic carbocycles. The summed E-state index contributed by atoms with van der Waals surface area (Å²) < 4.78 is 11.0. The van der Waals surface area contributed by atoms with Gasteiger partial charge in [-0.25, -0.2) is 0 Å². The summed E-state index contributed by atoms with van der Waals surface area (Å²) in [6.07, 6.45) is 7.77. The highest BCUT2D eigenvalue weighted by molar-refractivity contribution is 6.07. The molecule has 2 aromatic rings. The molecule has 1 aromatic heterocycles. The van der Waals surface area contributed by atoms with E-state index in [1.54, 1.807) is 18.2 Å². The van der Waals surface area contributed by atoms with Gasteiger partial charge in [0.1, 0.15) is 17.3 Å². The van der Waals surface area contributed by atoms with Crippen LogP contribution in [0.2, 0.25) is 0 Å². The van der Waals surface area contributed by atoms with E-state index in [-0.39, 0.29) is 46.6 Å². The van der Waals surface area contributed by atoms with Gasteiger partial charge in [-0.3, -0.25) is 19.7 Å². The van der Waals surface area contributed by atoms with E-state index in [0.29, 0.717) is 22.8 Å². The maximum atomic E-state index is 13.0. The minimum Gasteiger partial charge on any atom is -0.496 e. The molecule has 1 spiro atoms. The van der Waals surface area contributed by atoms with E-state index in [0.717, 1.165) is 17.9 Å². The zero-order valence-corrected chi connectivity index (χ0v) is 17.1. The van der Waals surface area contributed by atoms with Gasteiger partial charge >= 0.3 is 0 Å².